The summed E-state index contributed by atoms with van der Waals surface area (Å²) in [4.78, 5) is 12.0. The monoisotopic (exact) mass is 467 g/mol. The summed E-state index contributed by atoms with van der Waals surface area (Å²) in [6.07, 6.45) is 1.32. The number of rotatable bonds is 9. The maximum Gasteiger partial charge on any atom is 0.162 e. The highest BCUT2D eigenvalue weighted by Gasteiger charge is 2.23. The van der Waals surface area contributed by atoms with Gasteiger partial charge in [0.2, 0.25) is 0 Å². The Kier molecular flexibility index (Phi) is 7.77. The van der Waals surface area contributed by atoms with Gasteiger partial charge in [0.1, 0.15) is 30.0 Å². The van der Waals surface area contributed by atoms with Gasteiger partial charge in [0.05, 0.1) is 17.0 Å². The Morgan fingerprint density at radius 2 is 2.00 bits per heavy atom. The minimum absolute atomic E-state index is 0.196. The average Bonchev–Trinajstić information content (AvgIpc) is 3.20. The van der Waals surface area contributed by atoms with E-state index in [1.165, 1.54) is 0 Å². The van der Waals surface area contributed by atoms with Crippen LogP contribution in [0.4, 0.5) is 5.82 Å². The second-order valence-corrected chi connectivity index (χ2v) is 8.64. The van der Waals surface area contributed by atoms with Crippen molar-refractivity contribution in [1.82, 2.24) is 20.4 Å². The number of benzene rings is 1. The third-order valence-corrected chi connectivity index (χ3v) is 6.08. The Hall–Kier alpha value is -3.01. The highest BCUT2D eigenvalue weighted by atomic mass is 16.5. The van der Waals surface area contributed by atoms with E-state index in [2.05, 4.69) is 22.4 Å². The number of aliphatic hydroxyl groups excluding tert-OH is 1. The molecule has 0 spiro atoms. The van der Waals surface area contributed by atoms with Gasteiger partial charge in [-0.05, 0) is 45.9 Å². The number of aromatic nitrogens is 3. The lowest BCUT2D eigenvalue weighted by molar-refractivity contribution is 0.0853. The summed E-state index contributed by atoms with van der Waals surface area (Å²) in [5.41, 5.74) is 3.27. The standard InChI is InChI=1S/C25H33N5O4/c1-16-24(17(2)34-29-16)22-13-23(30(4)19-8-10-32-11-9-19)28-25(27-22)18-6-5-7-21(12-18)33-15-20(31)14-26-3/h5-7,12-13,19-20,26,31H,8-11,14-15H2,1-4H3. The van der Waals surface area contributed by atoms with Crippen LogP contribution < -0.4 is 15.0 Å². The molecule has 0 saturated carbocycles. The van der Waals surface area contributed by atoms with Gasteiger partial charge in [-0.1, -0.05) is 17.3 Å². The first kappa shape index (κ1) is 24.1. The molecule has 2 aromatic heterocycles. The van der Waals surface area contributed by atoms with E-state index in [-0.39, 0.29) is 6.61 Å². The molecule has 4 rings (SSSR count). The minimum atomic E-state index is -0.590. The molecule has 1 fully saturated rings. The number of hydrogen-bond acceptors (Lipinski definition) is 9. The van der Waals surface area contributed by atoms with Crippen molar-refractivity contribution in [2.45, 2.75) is 38.8 Å². The molecule has 3 heterocycles. The summed E-state index contributed by atoms with van der Waals surface area (Å²) >= 11 is 0. The number of anilines is 1. The molecule has 1 atom stereocenters. The van der Waals surface area contributed by atoms with E-state index >= 15 is 0 Å². The molecule has 1 aromatic carbocycles. The van der Waals surface area contributed by atoms with Gasteiger partial charge in [0.25, 0.3) is 0 Å². The van der Waals surface area contributed by atoms with Gasteiger partial charge in [0, 0.05) is 44.5 Å². The summed E-state index contributed by atoms with van der Waals surface area (Å²) in [5, 5.41) is 17.0. The maximum absolute atomic E-state index is 9.97. The molecular formula is C25H33N5O4. The zero-order valence-electron chi connectivity index (χ0n) is 20.2. The molecule has 1 aliphatic heterocycles. The lowest BCUT2D eigenvalue weighted by Crippen LogP contribution is -2.37. The van der Waals surface area contributed by atoms with Gasteiger partial charge >= 0.3 is 0 Å². The number of nitrogens with zero attached hydrogens (tertiary/aromatic N) is 4. The van der Waals surface area contributed by atoms with E-state index in [9.17, 15) is 5.11 Å². The lowest BCUT2D eigenvalue weighted by atomic mass is 10.1. The van der Waals surface area contributed by atoms with Crippen molar-refractivity contribution >= 4 is 5.82 Å². The van der Waals surface area contributed by atoms with Crippen molar-refractivity contribution in [1.29, 1.82) is 0 Å². The molecule has 3 aromatic rings. The van der Waals surface area contributed by atoms with Crippen LogP contribution in [0.2, 0.25) is 0 Å². The number of likely N-dealkylation sites (N-methyl/N-ethyl adjacent to an activating group) is 1. The predicted octanol–water partition coefficient (Wildman–Crippen LogP) is 2.99. The molecule has 0 amide bonds. The Labute approximate surface area is 200 Å². The van der Waals surface area contributed by atoms with Gasteiger partial charge in [-0.3, -0.25) is 0 Å². The van der Waals surface area contributed by atoms with E-state index in [0.29, 0.717) is 24.2 Å². The second kappa shape index (κ2) is 10.9. The summed E-state index contributed by atoms with van der Waals surface area (Å²) in [6.45, 7) is 5.97. The largest absolute Gasteiger partial charge is 0.491 e. The Bertz CT molecular complexity index is 1080. The van der Waals surface area contributed by atoms with Gasteiger partial charge in [-0.15, -0.1) is 0 Å². The van der Waals surface area contributed by atoms with Crippen LogP contribution in [0.25, 0.3) is 22.6 Å². The molecule has 1 unspecified atom stereocenters. The first-order valence-electron chi connectivity index (χ1n) is 11.6. The van der Waals surface area contributed by atoms with Crippen molar-refractivity contribution in [3.05, 3.63) is 41.8 Å². The fraction of sp³-hybridized carbons (Fsp3) is 0.480. The highest BCUT2D eigenvalue weighted by Crippen LogP contribution is 2.32. The third-order valence-electron chi connectivity index (χ3n) is 6.08. The number of aryl methyl sites for hydroxylation is 2. The normalized spacial score (nSPS) is 15.3. The number of nitrogens with one attached hydrogen (secondary N) is 1. The molecule has 0 bridgehead atoms. The molecule has 0 radical (unpaired) electrons. The molecule has 9 nitrogen and oxygen atoms in total. The number of aliphatic hydroxyl groups is 1. The van der Waals surface area contributed by atoms with E-state index < -0.39 is 6.10 Å². The van der Waals surface area contributed by atoms with Crippen LogP contribution in [0.3, 0.4) is 0 Å². The first-order valence-corrected chi connectivity index (χ1v) is 11.6. The van der Waals surface area contributed by atoms with Crippen molar-refractivity contribution in [2.24, 2.45) is 0 Å². The van der Waals surface area contributed by atoms with Crippen LogP contribution in [-0.4, -0.2) is 72.8 Å². The van der Waals surface area contributed by atoms with E-state index in [4.69, 9.17) is 24.0 Å². The van der Waals surface area contributed by atoms with Crippen molar-refractivity contribution in [3.63, 3.8) is 0 Å². The zero-order chi connectivity index (χ0) is 24.1. The summed E-state index contributed by atoms with van der Waals surface area (Å²) in [5.74, 6) is 2.80. The summed E-state index contributed by atoms with van der Waals surface area (Å²) < 4.78 is 16.8. The van der Waals surface area contributed by atoms with E-state index in [1.807, 2.05) is 44.2 Å². The topological polar surface area (TPSA) is 106 Å². The van der Waals surface area contributed by atoms with Gasteiger partial charge in [0.15, 0.2) is 5.82 Å². The maximum atomic E-state index is 9.97. The van der Waals surface area contributed by atoms with Crippen LogP contribution in [0.15, 0.2) is 34.9 Å². The fourth-order valence-corrected chi connectivity index (χ4v) is 4.19. The van der Waals surface area contributed by atoms with E-state index in [0.717, 1.165) is 60.1 Å². The van der Waals surface area contributed by atoms with Crippen molar-refractivity contribution in [2.75, 3.05) is 45.4 Å². The van der Waals surface area contributed by atoms with Crippen LogP contribution in [0.1, 0.15) is 24.3 Å². The molecule has 182 valence electrons. The highest BCUT2D eigenvalue weighted by molar-refractivity contribution is 5.71. The van der Waals surface area contributed by atoms with Gasteiger partial charge in [-0.25, -0.2) is 9.97 Å². The third kappa shape index (κ3) is 5.55. The van der Waals surface area contributed by atoms with Gasteiger partial charge < -0.3 is 29.3 Å². The molecular weight excluding hydrogens is 434 g/mol. The number of hydrogen-bond donors (Lipinski definition) is 2. The predicted molar refractivity (Wildman–Crippen MR) is 130 cm³/mol. The molecule has 9 heteroatoms. The first-order chi connectivity index (χ1) is 16.5. The van der Waals surface area contributed by atoms with Crippen LogP contribution >= 0.6 is 0 Å². The quantitative estimate of drug-likeness (QED) is 0.491. The number of ether oxygens (including phenoxy) is 2. The lowest BCUT2D eigenvalue weighted by Gasteiger charge is -2.32. The molecule has 1 saturated heterocycles. The molecule has 0 aliphatic carbocycles. The van der Waals surface area contributed by atoms with Crippen molar-refractivity contribution < 1.29 is 19.1 Å². The average molecular weight is 468 g/mol. The molecule has 1 aliphatic rings. The van der Waals surface area contributed by atoms with Crippen molar-refractivity contribution in [3.8, 4) is 28.4 Å². The molecule has 34 heavy (non-hydrogen) atoms. The Balaban J connectivity index is 1.70. The van der Waals surface area contributed by atoms with Crippen LogP contribution in [0, 0.1) is 13.8 Å². The Morgan fingerprint density at radius 1 is 1.21 bits per heavy atom. The summed E-state index contributed by atoms with van der Waals surface area (Å²) in [7, 11) is 3.87. The van der Waals surface area contributed by atoms with Crippen LogP contribution in [-0.2, 0) is 4.74 Å². The van der Waals surface area contributed by atoms with Crippen LogP contribution in [0.5, 0.6) is 5.75 Å². The fourth-order valence-electron chi connectivity index (χ4n) is 4.19. The zero-order valence-corrected chi connectivity index (χ0v) is 20.2. The van der Waals surface area contributed by atoms with E-state index in [1.54, 1.807) is 7.05 Å². The molecule has 2 N–H and O–H groups in total. The second-order valence-electron chi connectivity index (χ2n) is 8.64. The van der Waals surface area contributed by atoms with Gasteiger partial charge in [-0.2, -0.15) is 0 Å². The SMILES string of the molecule is CNCC(O)COc1cccc(-c2nc(-c3c(C)noc3C)cc(N(C)C3CCOCC3)n2)c1. The Morgan fingerprint density at radius 3 is 2.71 bits per heavy atom. The smallest absolute Gasteiger partial charge is 0.162 e. The minimum Gasteiger partial charge on any atom is -0.491 e. The summed E-state index contributed by atoms with van der Waals surface area (Å²) in [6, 6.07) is 9.97.